The van der Waals surface area contributed by atoms with Crippen LogP contribution in [0.2, 0.25) is 0 Å². The van der Waals surface area contributed by atoms with Crippen LogP contribution in [0.15, 0.2) is 11.4 Å². The maximum absolute atomic E-state index is 13.4. The first kappa shape index (κ1) is 23.2. The first-order chi connectivity index (χ1) is 16.4. The van der Waals surface area contributed by atoms with Gasteiger partial charge in [0, 0.05) is 24.2 Å². The summed E-state index contributed by atoms with van der Waals surface area (Å²) in [5.74, 6) is 0.220. The number of imidazole rings is 1. The van der Waals surface area contributed by atoms with Gasteiger partial charge in [0.15, 0.2) is 17.4 Å². The number of hydrogen-bond donors (Lipinski definition) is 2. The summed E-state index contributed by atoms with van der Waals surface area (Å²) in [4.78, 5) is 15.8. The number of rotatable bonds is 6. The molecule has 0 spiro atoms. The van der Waals surface area contributed by atoms with Gasteiger partial charge in [-0.05, 0) is 32.2 Å². The highest BCUT2D eigenvalue weighted by molar-refractivity contribution is 7.51. The minimum Gasteiger partial charge on any atom is -0.476 e. The maximum Gasteiger partial charge on any atom is 0.406 e. The van der Waals surface area contributed by atoms with Crippen LogP contribution in [0.1, 0.15) is 32.9 Å². The van der Waals surface area contributed by atoms with E-state index < -0.39 is 31.7 Å². The average molecular weight is 495 g/mol. The molecular formula is C18H26N9O6P. The predicted molar refractivity (Wildman–Crippen MR) is 118 cm³/mol. The van der Waals surface area contributed by atoms with E-state index in [1.54, 1.807) is 11.5 Å². The number of nitrogens with zero attached hydrogens (tertiary/aromatic N) is 7. The summed E-state index contributed by atoms with van der Waals surface area (Å²) >= 11 is 0. The highest BCUT2D eigenvalue weighted by Crippen LogP contribution is 2.57. The molecule has 1 unspecified atom stereocenters. The number of azide groups is 1. The summed E-state index contributed by atoms with van der Waals surface area (Å²) < 4.78 is 43.7. The molecule has 0 radical (unpaired) electrons. The second-order valence-corrected chi connectivity index (χ2v) is 10.1. The van der Waals surface area contributed by atoms with Gasteiger partial charge in [-0.1, -0.05) is 5.11 Å². The van der Waals surface area contributed by atoms with E-state index in [1.807, 2.05) is 6.92 Å². The normalized spacial score (nSPS) is 34.0. The molecule has 3 N–H and O–H groups in total. The van der Waals surface area contributed by atoms with Gasteiger partial charge in [-0.2, -0.15) is 9.97 Å². The van der Waals surface area contributed by atoms with Gasteiger partial charge in [0.25, 0.3) is 0 Å². The summed E-state index contributed by atoms with van der Waals surface area (Å²) in [6, 6.07) is -0.0748. The van der Waals surface area contributed by atoms with Gasteiger partial charge in [0.1, 0.15) is 17.7 Å². The van der Waals surface area contributed by atoms with Gasteiger partial charge in [-0.15, -0.1) is 0 Å². The summed E-state index contributed by atoms with van der Waals surface area (Å²) in [7, 11) is -3.69. The smallest absolute Gasteiger partial charge is 0.406 e. The fourth-order valence-electron chi connectivity index (χ4n) is 4.53. The van der Waals surface area contributed by atoms with E-state index in [2.05, 4.69) is 30.1 Å². The van der Waals surface area contributed by atoms with Crippen molar-refractivity contribution < 1.29 is 27.8 Å². The van der Waals surface area contributed by atoms with Crippen molar-refractivity contribution in [2.75, 3.05) is 32.2 Å². The molecule has 5 heterocycles. The molecule has 34 heavy (non-hydrogen) atoms. The topological polar surface area (TPSA) is 194 Å². The number of nitrogens with two attached hydrogens (primary N) is 1. The molecular weight excluding hydrogens is 469 g/mol. The van der Waals surface area contributed by atoms with Crippen LogP contribution in [0.5, 0.6) is 5.88 Å². The molecule has 15 nitrogen and oxygen atoms in total. The molecule has 3 aliphatic heterocycles. The number of anilines is 1. The lowest BCUT2D eigenvalue weighted by Crippen LogP contribution is -2.48. The highest BCUT2D eigenvalue weighted by atomic mass is 31.2. The van der Waals surface area contributed by atoms with E-state index in [1.165, 1.54) is 6.33 Å². The Bertz CT molecular complexity index is 1170. The summed E-state index contributed by atoms with van der Waals surface area (Å²) in [6.45, 7) is 4.96. The van der Waals surface area contributed by atoms with Crippen molar-refractivity contribution in [3.8, 4) is 5.88 Å². The molecule has 5 rings (SSSR count). The number of ether oxygens (including phenoxy) is 3. The van der Waals surface area contributed by atoms with Crippen molar-refractivity contribution in [1.29, 1.82) is 0 Å². The van der Waals surface area contributed by atoms with Crippen LogP contribution in [0.25, 0.3) is 21.6 Å². The number of nitrogens with one attached hydrogen (secondary N) is 1. The van der Waals surface area contributed by atoms with Crippen LogP contribution in [-0.4, -0.2) is 69.7 Å². The second-order valence-electron chi connectivity index (χ2n) is 8.42. The molecule has 0 aliphatic carbocycles. The standard InChI is InChI=1S/C18H26N9O6P/c1-3-30-15-12-14(22-17(19)23-15)27(9-21-12)16-18(2,25-26-20)13-11(32-16)8-31-34(28,33-13)24-10-4-6-29-7-5-10/h9-11,13,16H,3-8H2,1-2H3,(H,24,28)(H2,19,22,23)/t11-,13-,16-,18-,34?/m1/s1. The van der Waals surface area contributed by atoms with Crippen LogP contribution in [0.3, 0.4) is 0 Å². The molecule has 5 atom stereocenters. The fourth-order valence-corrected chi connectivity index (χ4v) is 6.42. The zero-order chi connectivity index (χ0) is 23.9. The van der Waals surface area contributed by atoms with Crippen molar-refractivity contribution in [2.24, 2.45) is 5.11 Å². The zero-order valence-corrected chi connectivity index (χ0v) is 19.6. The molecule has 3 aliphatic rings. The maximum atomic E-state index is 13.4. The fraction of sp³-hybridized carbons (Fsp3) is 0.722. The average Bonchev–Trinajstić information content (AvgIpc) is 3.33. The summed E-state index contributed by atoms with van der Waals surface area (Å²) in [5.41, 5.74) is 14.7. The quantitative estimate of drug-likeness (QED) is 0.258. The summed E-state index contributed by atoms with van der Waals surface area (Å²) in [6.07, 6.45) is 0.439. The predicted octanol–water partition coefficient (Wildman–Crippen LogP) is 2.07. The Morgan fingerprint density at radius 2 is 2.24 bits per heavy atom. The van der Waals surface area contributed by atoms with Gasteiger partial charge in [0.05, 0.1) is 19.5 Å². The van der Waals surface area contributed by atoms with Gasteiger partial charge < -0.3 is 19.9 Å². The Morgan fingerprint density at radius 1 is 1.44 bits per heavy atom. The van der Waals surface area contributed by atoms with Crippen molar-refractivity contribution in [3.63, 3.8) is 0 Å². The molecule has 0 amide bonds. The third kappa shape index (κ3) is 3.99. The van der Waals surface area contributed by atoms with Crippen LogP contribution in [0, 0.1) is 0 Å². The molecule has 16 heteroatoms. The Balaban J connectivity index is 1.49. The largest absolute Gasteiger partial charge is 0.476 e. The Morgan fingerprint density at radius 3 is 2.97 bits per heavy atom. The van der Waals surface area contributed by atoms with E-state index in [4.69, 9.17) is 29.0 Å². The third-order valence-electron chi connectivity index (χ3n) is 6.14. The highest BCUT2D eigenvalue weighted by Gasteiger charge is 2.60. The van der Waals surface area contributed by atoms with Crippen LogP contribution < -0.4 is 15.6 Å². The molecule has 2 aromatic rings. The molecule has 3 saturated heterocycles. The van der Waals surface area contributed by atoms with E-state index >= 15 is 0 Å². The van der Waals surface area contributed by atoms with E-state index in [9.17, 15) is 10.1 Å². The molecule has 0 bridgehead atoms. The van der Waals surface area contributed by atoms with E-state index in [0.717, 1.165) is 0 Å². The first-order valence-corrected chi connectivity index (χ1v) is 12.5. The van der Waals surface area contributed by atoms with Gasteiger partial charge in [-0.25, -0.2) is 14.6 Å². The van der Waals surface area contributed by atoms with E-state index in [-0.39, 0.29) is 24.5 Å². The molecule has 2 aromatic heterocycles. The SMILES string of the molecule is CCOc1nc(N)nc2c1ncn2[C@@H]1O[C@@H]2COP(=O)(NC3CCOCC3)O[C@H]2[C@@]1(C)N=[N+]=[N-]. The van der Waals surface area contributed by atoms with E-state index in [0.29, 0.717) is 43.8 Å². The lowest BCUT2D eigenvalue weighted by atomic mass is 9.93. The minimum atomic E-state index is -3.69. The lowest BCUT2D eigenvalue weighted by molar-refractivity contribution is -0.0593. The molecule has 0 saturated carbocycles. The number of hydrogen-bond acceptors (Lipinski definition) is 11. The van der Waals surface area contributed by atoms with Crippen LogP contribution >= 0.6 is 7.75 Å². The van der Waals surface area contributed by atoms with Crippen molar-refractivity contribution >= 4 is 24.9 Å². The first-order valence-electron chi connectivity index (χ1n) is 11.0. The van der Waals surface area contributed by atoms with Crippen molar-refractivity contribution in [1.82, 2.24) is 24.6 Å². The van der Waals surface area contributed by atoms with Crippen molar-refractivity contribution in [3.05, 3.63) is 16.8 Å². The van der Waals surface area contributed by atoms with Crippen LogP contribution in [-0.2, 0) is 23.1 Å². The molecule has 0 aromatic carbocycles. The number of nitrogen functional groups attached to an aromatic ring is 1. The second kappa shape index (κ2) is 8.93. The Kier molecular flexibility index (Phi) is 6.10. The van der Waals surface area contributed by atoms with Gasteiger partial charge in [0.2, 0.25) is 11.8 Å². The summed E-state index contributed by atoms with van der Waals surface area (Å²) in [5, 5.41) is 7.03. The van der Waals surface area contributed by atoms with Gasteiger partial charge in [-0.3, -0.25) is 13.6 Å². The Labute approximate surface area is 194 Å². The molecule has 184 valence electrons. The monoisotopic (exact) mass is 495 g/mol. The molecule has 3 fully saturated rings. The number of fused-ring (bicyclic) bond motifs is 2. The zero-order valence-electron chi connectivity index (χ0n) is 18.7. The number of aromatic nitrogens is 4. The Hall–Kier alpha value is -2.51. The van der Waals surface area contributed by atoms with Gasteiger partial charge >= 0.3 is 7.75 Å². The third-order valence-corrected chi connectivity index (χ3v) is 7.82. The lowest BCUT2D eigenvalue weighted by Gasteiger charge is -2.37. The van der Waals surface area contributed by atoms with Crippen LogP contribution in [0.4, 0.5) is 5.95 Å². The van der Waals surface area contributed by atoms with Crippen molar-refractivity contribution in [2.45, 2.75) is 56.7 Å². The minimum absolute atomic E-state index is 0.0108.